The zero-order valence-corrected chi connectivity index (χ0v) is 14.3. The number of amides is 1. The van der Waals surface area contributed by atoms with Gasteiger partial charge in [0.1, 0.15) is 0 Å². The number of rotatable bonds is 6. The first kappa shape index (κ1) is 16.6. The molecular weight excluding hydrogens is 322 g/mol. The molecule has 0 aliphatic rings. The number of ether oxygens (including phenoxy) is 3. The molecule has 2 N–H and O–H groups in total. The van der Waals surface area contributed by atoms with Gasteiger partial charge in [0.25, 0.3) is 0 Å². The lowest BCUT2D eigenvalue weighted by molar-refractivity contribution is -0.115. The third-order valence-corrected chi connectivity index (χ3v) is 3.74. The zero-order valence-electron chi connectivity index (χ0n) is 14.3. The van der Waals surface area contributed by atoms with E-state index in [0.717, 1.165) is 16.6 Å². The molecule has 7 heteroatoms. The Morgan fingerprint density at radius 2 is 1.76 bits per heavy atom. The molecule has 0 aliphatic heterocycles. The minimum atomic E-state index is -0.201. The molecule has 130 valence electrons. The Morgan fingerprint density at radius 1 is 1.08 bits per heavy atom. The Morgan fingerprint density at radius 3 is 2.36 bits per heavy atom. The summed E-state index contributed by atoms with van der Waals surface area (Å²) in [5.41, 5.74) is 2.40. The van der Waals surface area contributed by atoms with Gasteiger partial charge < -0.3 is 19.2 Å². The van der Waals surface area contributed by atoms with Crippen molar-refractivity contribution in [2.24, 2.45) is 0 Å². The maximum atomic E-state index is 12.3. The molecule has 0 fully saturated rings. The molecule has 0 saturated heterocycles. The molecule has 3 aromatic rings. The van der Waals surface area contributed by atoms with Gasteiger partial charge in [-0.3, -0.25) is 10.1 Å². The predicted molar refractivity (Wildman–Crippen MR) is 94.5 cm³/mol. The van der Waals surface area contributed by atoms with Crippen molar-refractivity contribution in [3.63, 3.8) is 0 Å². The average molecular weight is 341 g/mol. The standard InChI is InChI=1S/C18H19N3O4/c1-23-14-8-11(9-15(24-2)17(14)25-3)10-16(22)21-18-19-12-6-4-5-7-13(12)20-18/h4-9H,10H2,1-3H3,(H2,19,20,21,22). The number of para-hydroxylation sites is 2. The van der Waals surface area contributed by atoms with E-state index >= 15 is 0 Å². The van der Waals surface area contributed by atoms with Crippen LogP contribution in [0.5, 0.6) is 17.2 Å². The Hall–Kier alpha value is -3.22. The maximum absolute atomic E-state index is 12.3. The number of methoxy groups -OCH3 is 3. The van der Waals surface area contributed by atoms with Crippen LogP contribution in [0.4, 0.5) is 5.95 Å². The number of hydrogen-bond donors (Lipinski definition) is 2. The van der Waals surface area contributed by atoms with Crippen LogP contribution in [-0.4, -0.2) is 37.2 Å². The lowest BCUT2D eigenvalue weighted by Gasteiger charge is -2.13. The lowest BCUT2D eigenvalue weighted by atomic mass is 10.1. The first-order valence-corrected chi connectivity index (χ1v) is 7.68. The van der Waals surface area contributed by atoms with Gasteiger partial charge in [-0.05, 0) is 29.8 Å². The molecule has 0 aliphatic carbocycles. The molecule has 0 radical (unpaired) electrons. The van der Waals surface area contributed by atoms with Gasteiger partial charge in [-0.15, -0.1) is 0 Å². The van der Waals surface area contributed by atoms with E-state index < -0.39 is 0 Å². The number of carbonyl (C=O) groups excluding carboxylic acids is 1. The van der Waals surface area contributed by atoms with Crippen molar-refractivity contribution in [1.82, 2.24) is 9.97 Å². The highest BCUT2D eigenvalue weighted by Gasteiger charge is 2.15. The number of nitrogens with one attached hydrogen (secondary N) is 2. The number of aromatic amines is 1. The van der Waals surface area contributed by atoms with Crippen LogP contribution in [0.3, 0.4) is 0 Å². The van der Waals surface area contributed by atoms with Gasteiger partial charge in [0.15, 0.2) is 11.5 Å². The highest BCUT2D eigenvalue weighted by Crippen LogP contribution is 2.38. The largest absolute Gasteiger partial charge is 0.493 e. The van der Waals surface area contributed by atoms with Crippen molar-refractivity contribution >= 4 is 22.9 Å². The molecule has 0 unspecified atom stereocenters. The molecule has 0 spiro atoms. The number of benzene rings is 2. The lowest BCUT2D eigenvalue weighted by Crippen LogP contribution is -2.15. The van der Waals surface area contributed by atoms with Crippen LogP contribution < -0.4 is 19.5 Å². The second-order valence-electron chi connectivity index (χ2n) is 5.36. The van der Waals surface area contributed by atoms with Crippen LogP contribution in [0.1, 0.15) is 5.56 Å². The summed E-state index contributed by atoms with van der Waals surface area (Å²) >= 11 is 0. The van der Waals surface area contributed by atoms with E-state index in [2.05, 4.69) is 15.3 Å². The van der Waals surface area contributed by atoms with Crippen LogP contribution in [0.2, 0.25) is 0 Å². The molecule has 0 atom stereocenters. The molecule has 1 aromatic heterocycles. The van der Waals surface area contributed by atoms with Gasteiger partial charge in [-0.25, -0.2) is 4.98 Å². The van der Waals surface area contributed by atoms with E-state index in [9.17, 15) is 4.79 Å². The molecule has 0 saturated carbocycles. The van der Waals surface area contributed by atoms with Gasteiger partial charge in [-0.1, -0.05) is 12.1 Å². The zero-order chi connectivity index (χ0) is 17.8. The summed E-state index contributed by atoms with van der Waals surface area (Å²) < 4.78 is 15.9. The molecule has 25 heavy (non-hydrogen) atoms. The minimum Gasteiger partial charge on any atom is -0.493 e. The molecule has 0 bridgehead atoms. The summed E-state index contributed by atoms with van der Waals surface area (Å²) in [4.78, 5) is 19.7. The van der Waals surface area contributed by atoms with Gasteiger partial charge in [0, 0.05) is 0 Å². The Labute approximate surface area is 144 Å². The number of imidazole rings is 1. The van der Waals surface area contributed by atoms with E-state index in [1.807, 2.05) is 24.3 Å². The summed E-state index contributed by atoms with van der Waals surface area (Å²) in [5, 5.41) is 2.76. The quantitative estimate of drug-likeness (QED) is 0.720. The summed E-state index contributed by atoms with van der Waals surface area (Å²) in [6.45, 7) is 0. The molecular formula is C18H19N3O4. The SMILES string of the molecule is COc1cc(CC(=O)Nc2nc3ccccc3[nH]2)cc(OC)c1OC. The van der Waals surface area contributed by atoms with Crippen LogP contribution >= 0.6 is 0 Å². The van der Waals surface area contributed by atoms with E-state index in [4.69, 9.17) is 14.2 Å². The Balaban J connectivity index is 1.78. The summed E-state index contributed by atoms with van der Waals surface area (Å²) in [6, 6.07) is 11.1. The molecule has 7 nitrogen and oxygen atoms in total. The fourth-order valence-corrected chi connectivity index (χ4v) is 2.61. The second kappa shape index (κ2) is 7.12. The van der Waals surface area contributed by atoms with Crippen molar-refractivity contribution in [2.45, 2.75) is 6.42 Å². The summed E-state index contributed by atoms with van der Waals surface area (Å²) in [7, 11) is 4.61. The van der Waals surface area contributed by atoms with Gasteiger partial charge in [-0.2, -0.15) is 0 Å². The molecule has 1 amide bonds. The number of fused-ring (bicyclic) bond motifs is 1. The number of H-pyrrole nitrogens is 1. The van der Waals surface area contributed by atoms with Crippen molar-refractivity contribution in [3.8, 4) is 17.2 Å². The smallest absolute Gasteiger partial charge is 0.231 e. The van der Waals surface area contributed by atoms with Gasteiger partial charge in [0.05, 0.1) is 38.8 Å². The van der Waals surface area contributed by atoms with Crippen LogP contribution in [-0.2, 0) is 11.2 Å². The highest BCUT2D eigenvalue weighted by atomic mass is 16.5. The topological polar surface area (TPSA) is 85.5 Å². The van der Waals surface area contributed by atoms with E-state index in [-0.39, 0.29) is 12.3 Å². The average Bonchev–Trinajstić information content (AvgIpc) is 3.02. The van der Waals surface area contributed by atoms with Crippen LogP contribution in [0, 0.1) is 0 Å². The van der Waals surface area contributed by atoms with Crippen LogP contribution in [0.25, 0.3) is 11.0 Å². The van der Waals surface area contributed by atoms with Crippen molar-refractivity contribution in [1.29, 1.82) is 0 Å². The van der Waals surface area contributed by atoms with Crippen LogP contribution in [0.15, 0.2) is 36.4 Å². The molecule has 1 heterocycles. The van der Waals surface area contributed by atoms with Gasteiger partial charge >= 0.3 is 0 Å². The molecule has 3 rings (SSSR count). The fourth-order valence-electron chi connectivity index (χ4n) is 2.61. The van der Waals surface area contributed by atoms with E-state index in [1.54, 1.807) is 12.1 Å². The molecule has 2 aromatic carbocycles. The summed E-state index contributed by atoms with van der Waals surface area (Å²) in [5.74, 6) is 1.72. The van der Waals surface area contributed by atoms with E-state index in [0.29, 0.717) is 23.2 Å². The third-order valence-electron chi connectivity index (χ3n) is 3.74. The number of nitrogens with zero attached hydrogens (tertiary/aromatic N) is 1. The van der Waals surface area contributed by atoms with Crippen molar-refractivity contribution in [3.05, 3.63) is 42.0 Å². The van der Waals surface area contributed by atoms with Crippen molar-refractivity contribution < 1.29 is 19.0 Å². The number of hydrogen-bond acceptors (Lipinski definition) is 5. The van der Waals surface area contributed by atoms with Gasteiger partial charge in [0.2, 0.25) is 17.6 Å². The van der Waals surface area contributed by atoms with Crippen molar-refractivity contribution in [2.75, 3.05) is 26.6 Å². The summed E-state index contributed by atoms with van der Waals surface area (Å²) in [6.07, 6.45) is 0.147. The number of anilines is 1. The maximum Gasteiger partial charge on any atom is 0.231 e. The normalized spacial score (nSPS) is 10.5. The number of carbonyl (C=O) groups is 1. The predicted octanol–water partition coefficient (Wildman–Crippen LogP) is 2.77. The van der Waals surface area contributed by atoms with E-state index in [1.165, 1.54) is 21.3 Å². The Kier molecular flexibility index (Phi) is 4.74. The highest BCUT2D eigenvalue weighted by molar-refractivity contribution is 5.92. The first-order valence-electron chi connectivity index (χ1n) is 7.68. The third kappa shape index (κ3) is 3.50. The second-order valence-corrected chi connectivity index (χ2v) is 5.36. The first-order chi connectivity index (χ1) is 12.1. The Bertz CT molecular complexity index is 846. The minimum absolute atomic E-state index is 0.147. The monoisotopic (exact) mass is 341 g/mol. The number of aromatic nitrogens is 2. The fraction of sp³-hybridized carbons (Fsp3) is 0.222.